The van der Waals surface area contributed by atoms with Crippen LogP contribution in [0.1, 0.15) is 22.8 Å². The van der Waals surface area contributed by atoms with Crippen molar-refractivity contribution < 1.29 is 5.11 Å². The summed E-state index contributed by atoms with van der Waals surface area (Å²) in [6.07, 6.45) is -0.493. The molecule has 0 unspecified atom stereocenters. The number of benzene rings is 2. The van der Waals surface area contributed by atoms with E-state index in [0.29, 0.717) is 11.6 Å². The summed E-state index contributed by atoms with van der Waals surface area (Å²) >= 11 is 5.95. The van der Waals surface area contributed by atoms with Crippen LogP contribution in [-0.4, -0.2) is 16.6 Å². The van der Waals surface area contributed by atoms with Crippen LogP contribution >= 0.6 is 11.6 Å². The number of fused-ring (bicyclic) bond motifs is 1. The zero-order valence-corrected chi connectivity index (χ0v) is 11.3. The first-order chi connectivity index (χ1) is 9.22. The first-order valence-corrected chi connectivity index (χ1v) is 6.83. The Morgan fingerprint density at radius 2 is 1.74 bits per heavy atom. The Balaban J connectivity index is 1.67. The second kappa shape index (κ2) is 5.33. The van der Waals surface area contributed by atoms with Gasteiger partial charge in [-0.3, -0.25) is 4.90 Å². The Bertz CT molecular complexity index is 559. The van der Waals surface area contributed by atoms with Gasteiger partial charge in [-0.05, 0) is 28.8 Å². The van der Waals surface area contributed by atoms with E-state index < -0.39 is 6.10 Å². The molecule has 2 aromatic rings. The molecule has 19 heavy (non-hydrogen) atoms. The molecule has 0 radical (unpaired) electrons. The minimum absolute atomic E-state index is 0.493. The average Bonchev–Trinajstić information content (AvgIpc) is 2.80. The van der Waals surface area contributed by atoms with E-state index in [1.807, 2.05) is 24.3 Å². The zero-order chi connectivity index (χ0) is 13.2. The summed E-state index contributed by atoms with van der Waals surface area (Å²) in [5, 5.41) is 11.0. The maximum absolute atomic E-state index is 10.3. The number of β-amino-alcohol motifs (C(OH)–C–C–N with tert-alkyl or cyclic N) is 1. The van der Waals surface area contributed by atoms with Gasteiger partial charge in [-0.15, -0.1) is 0 Å². The highest BCUT2D eigenvalue weighted by molar-refractivity contribution is 6.30. The first-order valence-electron chi connectivity index (χ1n) is 6.45. The van der Waals surface area contributed by atoms with Gasteiger partial charge in [0, 0.05) is 24.7 Å². The van der Waals surface area contributed by atoms with Gasteiger partial charge in [-0.2, -0.15) is 0 Å². The molecule has 0 aliphatic carbocycles. The number of aliphatic hydroxyl groups is 1. The highest BCUT2D eigenvalue weighted by Crippen LogP contribution is 2.25. The normalized spacial score (nSPS) is 16.3. The van der Waals surface area contributed by atoms with Crippen LogP contribution in [0.15, 0.2) is 48.5 Å². The molecule has 0 saturated heterocycles. The molecule has 1 heterocycles. The van der Waals surface area contributed by atoms with Crippen molar-refractivity contribution in [2.75, 3.05) is 6.54 Å². The van der Waals surface area contributed by atoms with E-state index >= 15 is 0 Å². The lowest BCUT2D eigenvalue weighted by Gasteiger charge is -2.19. The molecular weight excluding hydrogens is 258 g/mol. The number of hydrogen-bond donors (Lipinski definition) is 1. The molecule has 1 N–H and O–H groups in total. The number of rotatable bonds is 3. The molecule has 0 saturated carbocycles. The van der Waals surface area contributed by atoms with Crippen molar-refractivity contribution in [2.45, 2.75) is 19.2 Å². The van der Waals surface area contributed by atoms with Crippen molar-refractivity contribution in [3.8, 4) is 0 Å². The molecule has 2 nitrogen and oxygen atoms in total. The van der Waals surface area contributed by atoms with Crippen LogP contribution in [-0.2, 0) is 13.1 Å². The van der Waals surface area contributed by atoms with E-state index in [9.17, 15) is 5.11 Å². The third kappa shape index (κ3) is 2.81. The molecule has 0 fully saturated rings. The van der Waals surface area contributed by atoms with Crippen LogP contribution in [0.5, 0.6) is 0 Å². The Morgan fingerprint density at radius 1 is 1.05 bits per heavy atom. The minimum Gasteiger partial charge on any atom is -0.387 e. The number of aliphatic hydroxyl groups excluding tert-OH is 1. The van der Waals surface area contributed by atoms with Crippen molar-refractivity contribution in [1.82, 2.24) is 4.90 Å². The average molecular weight is 274 g/mol. The molecule has 1 aliphatic rings. The topological polar surface area (TPSA) is 23.5 Å². The predicted molar refractivity (Wildman–Crippen MR) is 77.0 cm³/mol. The standard InChI is InChI=1S/C16H16ClNO/c17-15-7-3-6-12(8-15)16(19)11-18-9-13-4-1-2-5-14(13)10-18/h1-8,16,19H,9-11H2/t16-/m0/s1. The summed E-state index contributed by atoms with van der Waals surface area (Å²) in [5.74, 6) is 0. The maximum Gasteiger partial charge on any atom is 0.0917 e. The van der Waals surface area contributed by atoms with E-state index in [0.717, 1.165) is 18.7 Å². The van der Waals surface area contributed by atoms with Gasteiger partial charge in [0.05, 0.1) is 6.10 Å². The van der Waals surface area contributed by atoms with Crippen molar-refractivity contribution in [3.05, 3.63) is 70.2 Å². The number of halogens is 1. The van der Waals surface area contributed by atoms with Gasteiger partial charge in [-0.1, -0.05) is 48.0 Å². The van der Waals surface area contributed by atoms with Crippen LogP contribution in [0, 0.1) is 0 Å². The van der Waals surface area contributed by atoms with Gasteiger partial charge in [0.1, 0.15) is 0 Å². The zero-order valence-electron chi connectivity index (χ0n) is 10.6. The summed E-state index contributed by atoms with van der Waals surface area (Å²) in [6.45, 7) is 2.45. The molecule has 0 spiro atoms. The Labute approximate surface area is 118 Å². The van der Waals surface area contributed by atoms with Crippen LogP contribution < -0.4 is 0 Å². The van der Waals surface area contributed by atoms with E-state index in [1.165, 1.54) is 11.1 Å². The fourth-order valence-corrected chi connectivity index (χ4v) is 2.80. The Hall–Kier alpha value is -1.35. The van der Waals surface area contributed by atoms with Gasteiger partial charge < -0.3 is 5.11 Å². The monoisotopic (exact) mass is 273 g/mol. The summed E-state index contributed by atoms with van der Waals surface area (Å²) in [4.78, 5) is 2.26. The van der Waals surface area contributed by atoms with E-state index in [2.05, 4.69) is 29.2 Å². The van der Waals surface area contributed by atoms with E-state index in [-0.39, 0.29) is 0 Å². The smallest absolute Gasteiger partial charge is 0.0917 e. The largest absolute Gasteiger partial charge is 0.387 e. The van der Waals surface area contributed by atoms with Crippen LogP contribution in [0.2, 0.25) is 5.02 Å². The van der Waals surface area contributed by atoms with Crippen molar-refractivity contribution in [2.24, 2.45) is 0 Å². The van der Waals surface area contributed by atoms with Crippen molar-refractivity contribution in [3.63, 3.8) is 0 Å². The van der Waals surface area contributed by atoms with Gasteiger partial charge in [0.2, 0.25) is 0 Å². The molecule has 1 atom stereocenters. The lowest BCUT2D eigenvalue weighted by molar-refractivity contribution is 0.112. The molecule has 3 rings (SSSR count). The summed E-state index contributed by atoms with van der Waals surface area (Å²) in [5.41, 5.74) is 3.60. The second-order valence-corrected chi connectivity index (χ2v) is 5.45. The fraction of sp³-hybridized carbons (Fsp3) is 0.250. The van der Waals surface area contributed by atoms with Crippen LogP contribution in [0.25, 0.3) is 0 Å². The van der Waals surface area contributed by atoms with Crippen LogP contribution in [0.4, 0.5) is 0 Å². The quantitative estimate of drug-likeness (QED) is 0.927. The van der Waals surface area contributed by atoms with Gasteiger partial charge >= 0.3 is 0 Å². The lowest BCUT2D eigenvalue weighted by Crippen LogP contribution is -2.23. The highest BCUT2D eigenvalue weighted by Gasteiger charge is 2.21. The maximum atomic E-state index is 10.3. The molecular formula is C16H16ClNO. The van der Waals surface area contributed by atoms with Gasteiger partial charge in [-0.25, -0.2) is 0 Å². The molecule has 2 aromatic carbocycles. The van der Waals surface area contributed by atoms with Gasteiger partial charge in [0.15, 0.2) is 0 Å². The third-order valence-corrected chi connectivity index (χ3v) is 3.81. The number of nitrogens with zero attached hydrogens (tertiary/aromatic N) is 1. The van der Waals surface area contributed by atoms with E-state index in [4.69, 9.17) is 11.6 Å². The Kier molecular flexibility index (Phi) is 3.56. The van der Waals surface area contributed by atoms with E-state index in [1.54, 1.807) is 0 Å². The minimum atomic E-state index is -0.493. The molecule has 1 aliphatic heterocycles. The highest BCUT2D eigenvalue weighted by atomic mass is 35.5. The van der Waals surface area contributed by atoms with Crippen LogP contribution in [0.3, 0.4) is 0 Å². The summed E-state index contributed by atoms with van der Waals surface area (Å²) < 4.78 is 0. The second-order valence-electron chi connectivity index (χ2n) is 5.01. The molecule has 3 heteroatoms. The van der Waals surface area contributed by atoms with Crippen molar-refractivity contribution >= 4 is 11.6 Å². The molecule has 0 amide bonds. The SMILES string of the molecule is O[C@@H](CN1Cc2ccccc2C1)c1cccc(Cl)c1. The number of hydrogen-bond acceptors (Lipinski definition) is 2. The Morgan fingerprint density at radius 3 is 2.37 bits per heavy atom. The first kappa shape index (κ1) is 12.7. The summed E-state index contributed by atoms with van der Waals surface area (Å²) in [7, 11) is 0. The molecule has 98 valence electrons. The van der Waals surface area contributed by atoms with Gasteiger partial charge in [0.25, 0.3) is 0 Å². The summed E-state index contributed by atoms with van der Waals surface area (Å²) in [6, 6.07) is 15.9. The molecule has 0 bridgehead atoms. The predicted octanol–water partition coefficient (Wildman–Crippen LogP) is 3.39. The molecule has 0 aromatic heterocycles. The lowest BCUT2D eigenvalue weighted by atomic mass is 10.1. The fourth-order valence-electron chi connectivity index (χ4n) is 2.60. The van der Waals surface area contributed by atoms with Crippen molar-refractivity contribution in [1.29, 1.82) is 0 Å². The third-order valence-electron chi connectivity index (χ3n) is 3.57.